The van der Waals surface area contributed by atoms with Crippen LogP contribution in [-0.4, -0.2) is 9.13 Å². The normalized spacial score (nSPS) is 12.3. The molecule has 2 heterocycles. The smallest absolute Gasteiger partial charge is 0.309 e. The Hall–Kier alpha value is -8.29. The SMILES string of the molecule is [C-]#[N+]c1cccc(C(F)(F)F)c1-c1cc(-n2c3ccccc3c3ccc(-c4ccc(C(F)(F)F)cc4C(F)(F)F)cc32)c(C#N)cc1-n1c2ccccc2c2ccc(-c3ccc(C)cc3C)cc21. The highest BCUT2D eigenvalue weighted by atomic mass is 19.4. The predicted octanol–water partition coefficient (Wildman–Crippen LogP) is 17.0. The van der Waals surface area contributed by atoms with Crippen molar-refractivity contribution in [1.82, 2.24) is 9.13 Å². The molecular weight excluding hydrogens is 888 g/mol. The molecule has 0 aliphatic heterocycles. The maximum absolute atomic E-state index is 15.4. The van der Waals surface area contributed by atoms with Gasteiger partial charge in [-0.1, -0.05) is 109 Å². The van der Waals surface area contributed by atoms with E-state index in [1.54, 1.807) is 39.5 Å². The van der Waals surface area contributed by atoms with Crippen molar-refractivity contribution in [3.8, 4) is 50.8 Å². The number of nitriles is 1. The van der Waals surface area contributed by atoms with Crippen LogP contribution in [0.1, 0.15) is 33.4 Å². The molecule has 4 nitrogen and oxygen atoms in total. The lowest BCUT2D eigenvalue weighted by atomic mass is 9.93. The maximum Gasteiger partial charge on any atom is 0.417 e. The lowest BCUT2D eigenvalue weighted by molar-refractivity contribution is -0.143. The van der Waals surface area contributed by atoms with Crippen molar-refractivity contribution in [3.05, 3.63) is 196 Å². The first-order valence-electron chi connectivity index (χ1n) is 21.0. The summed E-state index contributed by atoms with van der Waals surface area (Å²) in [4.78, 5) is 3.57. The molecule has 0 saturated carbocycles. The van der Waals surface area contributed by atoms with E-state index >= 15 is 13.2 Å². The summed E-state index contributed by atoms with van der Waals surface area (Å²) in [7, 11) is 0. The fourth-order valence-electron chi connectivity index (χ4n) is 9.53. The molecule has 10 rings (SSSR count). The summed E-state index contributed by atoms with van der Waals surface area (Å²) in [6, 6.07) is 40.0. The van der Waals surface area contributed by atoms with Gasteiger partial charge in [-0.05, 0) is 95.8 Å². The standard InChI is InChI=1S/C55H31F9N4/c1-30-15-19-36(31(2)23-30)32-16-20-41-39-10-5-7-14-47(39)68(50(41)24-32)51-26-34(29-65)48(28-42(51)52-43(54(59,60)61)11-8-12-45(52)66-3)67-46-13-6-4-9-38(46)40-21-17-33(25-49(40)67)37-22-18-35(53(56,57)58)27-44(37)55(62,63)64/h4-28H,1-2H3. The third kappa shape index (κ3) is 7.10. The summed E-state index contributed by atoms with van der Waals surface area (Å²) in [6.45, 7) is 12.1. The van der Waals surface area contributed by atoms with Crippen molar-refractivity contribution in [2.45, 2.75) is 32.4 Å². The molecule has 0 aliphatic carbocycles. The van der Waals surface area contributed by atoms with Gasteiger partial charge in [-0.2, -0.15) is 44.8 Å². The highest BCUT2D eigenvalue weighted by Crippen LogP contribution is 2.49. The molecule has 2 aromatic heterocycles. The first kappa shape index (κ1) is 43.6. The van der Waals surface area contributed by atoms with Gasteiger partial charge >= 0.3 is 18.5 Å². The third-order valence-electron chi connectivity index (χ3n) is 12.5. The molecule has 13 heteroatoms. The number of halogens is 9. The molecular formula is C55H31F9N4. The number of fused-ring (bicyclic) bond motifs is 6. The fourth-order valence-corrected chi connectivity index (χ4v) is 9.53. The second-order valence-corrected chi connectivity index (χ2v) is 16.6. The zero-order valence-electron chi connectivity index (χ0n) is 35.6. The zero-order valence-corrected chi connectivity index (χ0v) is 35.6. The Morgan fingerprint density at radius 3 is 1.60 bits per heavy atom. The lowest BCUT2D eigenvalue weighted by Crippen LogP contribution is -2.12. The van der Waals surface area contributed by atoms with Crippen LogP contribution in [0.15, 0.2) is 152 Å². The van der Waals surface area contributed by atoms with E-state index in [2.05, 4.69) is 10.9 Å². The Balaban J connectivity index is 1.34. The third-order valence-corrected chi connectivity index (χ3v) is 12.5. The van der Waals surface area contributed by atoms with Gasteiger partial charge in [-0.15, -0.1) is 0 Å². The van der Waals surface area contributed by atoms with Gasteiger partial charge in [0.15, 0.2) is 5.69 Å². The highest BCUT2D eigenvalue weighted by Gasteiger charge is 2.39. The molecule has 334 valence electrons. The summed E-state index contributed by atoms with van der Waals surface area (Å²) in [6.07, 6.45) is -15.2. The molecule has 0 saturated heterocycles. The van der Waals surface area contributed by atoms with E-state index in [-0.39, 0.29) is 45.3 Å². The number of para-hydroxylation sites is 2. The quantitative estimate of drug-likeness (QED) is 0.125. The number of benzene rings is 8. The predicted molar refractivity (Wildman–Crippen MR) is 247 cm³/mol. The Bertz CT molecular complexity index is 3820. The number of alkyl halides is 9. The van der Waals surface area contributed by atoms with Gasteiger partial charge in [-0.3, -0.25) is 0 Å². The van der Waals surface area contributed by atoms with Crippen LogP contribution < -0.4 is 0 Å². The van der Waals surface area contributed by atoms with Crippen LogP contribution in [-0.2, 0) is 18.5 Å². The van der Waals surface area contributed by atoms with Crippen LogP contribution in [0, 0.1) is 31.8 Å². The van der Waals surface area contributed by atoms with Gasteiger partial charge in [-0.25, -0.2) is 4.85 Å². The van der Waals surface area contributed by atoms with Crippen LogP contribution in [0.3, 0.4) is 0 Å². The molecule has 8 aromatic carbocycles. The average Bonchev–Trinajstić information content (AvgIpc) is 3.81. The van der Waals surface area contributed by atoms with Crippen molar-refractivity contribution in [2.24, 2.45) is 0 Å². The van der Waals surface area contributed by atoms with E-state index in [9.17, 15) is 31.6 Å². The molecule has 0 aliphatic rings. The van der Waals surface area contributed by atoms with Crippen molar-refractivity contribution < 1.29 is 39.5 Å². The summed E-state index contributed by atoms with van der Waals surface area (Å²) < 4.78 is 134. The van der Waals surface area contributed by atoms with Crippen molar-refractivity contribution >= 4 is 49.3 Å². The van der Waals surface area contributed by atoms with Crippen LogP contribution in [0.4, 0.5) is 45.2 Å². The molecule has 0 N–H and O–H groups in total. The zero-order chi connectivity index (χ0) is 48.0. The molecule has 0 spiro atoms. The Morgan fingerprint density at radius 2 is 1.04 bits per heavy atom. The highest BCUT2D eigenvalue weighted by molar-refractivity contribution is 6.12. The molecule has 0 unspecified atom stereocenters. The molecule has 10 aromatic rings. The van der Waals surface area contributed by atoms with Crippen LogP contribution in [0.2, 0.25) is 0 Å². The van der Waals surface area contributed by atoms with Crippen molar-refractivity contribution in [3.63, 3.8) is 0 Å². The topological polar surface area (TPSA) is 38.0 Å². The van der Waals surface area contributed by atoms with Gasteiger partial charge in [0.25, 0.3) is 0 Å². The van der Waals surface area contributed by atoms with Crippen LogP contribution in [0.5, 0.6) is 0 Å². The van der Waals surface area contributed by atoms with Crippen LogP contribution in [0.25, 0.3) is 93.2 Å². The van der Waals surface area contributed by atoms with Gasteiger partial charge in [0.05, 0.1) is 62.3 Å². The number of rotatable bonds is 5. The van der Waals surface area contributed by atoms with E-state index in [4.69, 9.17) is 6.57 Å². The van der Waals surface area contributed by atoms with E-state index in [0.717, 1.165) is 51.2 Å². The number of aryl methyl sites for hydroxylation is 2. The largest absolute Gasteiger partial charge is 0.417 e. The van der Waals surface area contributed by atoms with Crippen molar-refractivity contribution in [1.29, 1.82) is 5.26 Å². The molecule has 0 bridgehead atoms. The second-order valence-electron chi connectivity index (χ2n) is 16.6. The summed E-state index contributed by atoms with van der Waals surface area (Å²) in [5, 5.41) is 13.7. The Morgan fingerprint density at radius 1 is 0.485 bits per heavy atom. The molecule has 0 radical (unpaired) electrons. The molecule has 68 heavy (non-hydrogen) atoms. The monoisotopic (exact) mass is 918 g/mol. The number of hydrogen-bond donors (Lipinski definition) is 0. The van der Waals surface area contributed by atoms with Gasteiger partial charge < -0.3 is 9.13 Å². The summed E-state index contributed by atoms with van der Waals surface area (Å²) >= 11 is 0. The maximum atomic E-state index is 15.4. The van der Waals surface area contributed by atoms with Crippen LogP contribution >= 0.6 is 0 Å². The van der Waals surface area contributed by atoms with E-state index in [1.807, 2.05) is 68.4 Å². The minimum atomic E-state index is -5.20. The minimum Gasteiger partial charge on any atom is -0.309 e. The van der Waals surface area contributed by atoms with Crippen molar-refractivity contribution in [2.75, 3.05) is 0 Å². The minimum absolute atomic E-state index is 0.0303. The summed E-state index contributed by atoms with van der Waals surface area (Å²) in [5.74, 6) is 0. The Labute approximate surface area is 381 Å². The van der Waals surface area contributed by atoms with Gasteiger partial charge in [0.1, 0.15) is 6.07 Å². The van der Waals surface area contributed by atoms with Gasteiger partial charge in [0, 0.05) is 27.1 Å². The average molecular weight is 919 g/mol. The van der Waals surface area contributed by atoms with E-state index < -0.39 is 46.3 Å². The number of aromatic nitrogens is 2. The first-order valence-corrected chi connectivity index (χ1v) is 21.0. The summed E-state index contributed by atoms with van der Waals surface area (Å²) in [5.41, 5.74) is 0.0354. The lowest BCUT2D eigenvalue weighted by Gasteiger charge is -2.22. The van der Waals surface area contributed by atoms with E-state index in [0.29, 0.717) is 33.4 Å². The fraction of sp³-hybridized carbons (Fsp3) is 0.0909. The van der Waals surface area contributed by atoms with Gasteiger partial charge in [0.2, 0.25) is 0 Å². The Kier molecular flexibility index (Phi) is 10.0. The first-order chi connectivity index (χ1) is 32.4. The number of nitrogens with zero attached hydrogens (tertiary/aromatic N) is 4. The van der Waals surface area contributed by atoms with E-state index in [1.165, 1.54) is 36.4 Å². The molecule has 0 atom stereocenters. The molecule has 0 amide bonds. The number of hydrogen-bond acceptors (Lipinski definition) is 1. The molecule has 0 fully saturated rings. The second kappa shape index (κ2) is 15.7.